The summed E-state index contributed by atoms with van der Waals surface area (Å²) in [6.07, 6.45) is 1.60. The number of imidazole rings is 1. The fraction of sp³-hybridized carbons (Fsp3) is 0.188. The van der Waals surface area contributed by atoms with Crippen molar-refractivity contribution >= 4 is 23.3 Å². The second kappa shape index (κ2) is 6.19. The number of aryl methyl sites for hydroxylation is 1. The minimum atomic E-state index is -0.637. The van der Waals surface area contributed by atoms with Gasteiger partial charge >= 0.3 is 0 Å². The number of anilines is 1. The summed E-state index contributed by atoms with van der Waals surface area (Å²) in [7, 11) is 1.42. The van der Waals surface area contributed by atoms with E-state index in [2.05, 4.69) is 20.4 Å². The summed E-state index contributed by atoms with van der Waals surface area (Å²) in [5.41, 5.74) is 8.00. The fourth-order valence-corrected chi connectivity index (χ4v) is 2.44. The number of hydrogen-bond acceptors (Lipinski definition) is 6. The number of primary amides is 1. The van der Waals surface area contributed by atoms with Gasteiger partial charge in [-0.2, -0.15) is 5.10 Å². The minimum Gasteiger partial charge on any atom is -0.480 e. The van der Waals surface area contributed by atoms with Gasteiger partial charge in [0, 0.05) is 12.5 Å². The second-order valence-electron chi connectivity index (χ2n) is 5.37. The van der Waals surface area contributed by atoms with Crippen LogP contribution in [0.3, 0.4) is 0 Å². The number of nitrogens with two attached hydrogens (primary N) is 1. The highest BCUT2D eigenvalue weighted by molar-refractivity contribution is 5.96. The molecule has 9 heteroatoms. The quantitative estimate of drug-likeness (QED) is 0.734. The van der Waals surface area contributed by atoms with E-state index in [4.69, 9.17) is 10.5 Å². The Balaban J connectivity index is 2.11. The van der Waals surface area contributed by atoms with E-state index < -0.39 is 5.91 Å². The molecule has 0 aliphatic rings. The molecule has 0 atom stereocenters. The highest BCUT2D eigenvalue weighted by Gasteiger charge is 2.16. The number of ether oxygens (including phenoxy) is 1. The maximum absolute atomic E-state index is 11.6. The van der Waals surface area contributed by atoms with Crippen LogP contribution < -0.4 is 15.8 Å². The molecule has 0 radical (unpaired) electrons. The minimum absolute atomic E-state index is 0.172. The summed E-state index contributed by atoms with van der Waals surface area (Å²) >= 11 is 0. The van der Waals surface area contributed by atoms with Gasteiger partial charge in [0.05, 0.1) is 24.7 Å². The molecular formula is C16H16N6O3. The van der Waals surface area contributed by atoms with Crippen LogP contribution in [0, 0.1) is 6.92 Å². The zero-order chi connectivity index (χ0) is 18.1. The van der Waals surface area contributed by atoms with Crippen LogP contribution in [0.2, 0.25) is 0 Å². The first kappa shape index (κ1) is 16.4. The summed E-state index contributed by atoms with van der Waals surface area (Å²) in [6, 6.07) is 5.10. The maximum Gasteiger partial charge on any atom is 0.254 e. The number of pyridine rings is 1. The van der Waals surface area contributed by atoms with E-state index >= 15 is 0 Å². The summed E-state index contributed by atoms with van der Waals surface area (Å²) in [5.74, 6) is -0.280. The van der Waals surface area contributed by atoms with Crippen molar-refractivity contribution in [2.24, 2.45) is 5.73 Å². The van der Waals surface area contributed by atoms with Gasteiger partial charge in [-0.15, -0.1) is 0 Å². The lowest BCUT2D eigenvalue weighted by molar-refractivity contribution is -0.114. The summed E-state index contributed by atoms with van der Waals surface area (Å²) in [5, 5.41) is 7.06. The van der Waals surface area contributed by atoms with Crippen molar-refractivity contribution in [3.63, 3.8) is 0 Å². The molecule has 0 unspecified atom stereocenters. The molecule has 3 rings (SSSR count). The lowest BCUT2D eigenvalue weighted by Gasteiger charge is -2.10. The molecule has 0 aromatic carbocycles. The van der Waals surface area contributed by atoms with Crippen LogP contribution in [0.5, 0.6) is 5.88 Å². The van der Waals surface area contributed by atoms with Gasteiger partial charge < -0.3 is 15.8 Å². The van der Waals surface area contributed by atoms with E-state index in [1.807, 2.05) is 0 Å². The van der Waals surface area contributed by atoms with E-state index in [0.29, 0.717) is 28.4 Å². The normalized spacial score (nSPS) is 10.7. The number of hydrogen-bond donors (Lipinski definition) is 2. The van der Waals surface area contributed by atoms with Crippen LogP contribution in [0.4, 0.5) is 5.82 Å². The smallest absolute Gasteiger partial charge is 0.254 e. The van der Waals surface area contributed by atoms with Crippen molar-refractivity contribution in [2.75, 3.05) is 12.4 Å². The third kappa shape index (κ3) is 3.11. The molecule has 25 heavy (non-hydrogen) atoms. The molecule has 3 N–H and O–H groups in total. The summed E-state index contributed by atoms with van der Waals surface area (Å²) < 4.78 is 6.64. The lowest BCUT2D eigenvalue weighted by atomic mass is 10.1. The molecule has 0 aliphatic carbocycles. The Morgan fingerprint density at radius 2 is 2.04 bits per heavy atom. The molecule has 3 aromatic heterocycles. The number of aromatic nitrogens is 4. The van der Waals surface area contributed by atoms with Gasteiger partial charge in [0.25, 0.3) is 5.91 Å². The zero-order valence-electron chi connectivity index (χ0n) is 13.9. The number of fused-ring (bicyclic) bond motifs is 1. The van der Waals surface area contributed by atoms with Gasteiger partial charge in [-0.25, -0.2) is 14.5 Å². The van der Waals surface area contributed by atoms with E-state index in [9.17, 15) is 9.59 Å². The van der Waals surface area contributed by atoms with Gasteiger partial charge in [0.2, 0.25) is 11.8 Å². The second-order valence-corrected chi connectivity index (χ2v) is 5.37. The highest BCUT2D eigenvalue weighted by atomic mass is 16.5. The summed E-state index contributed by atoms with van der Waals surface area (Å²) in [4.78, 5) is 31.3. The molecule has 0 aliphatic heterocycles. The number of amides is 2. The molecule has 3 heterocycles. The van der Waals surface area contributed by atoms with E-state index in [-0.39, 0.29) is 17.4 Å². The van der Waals surface area contributed by atoms with Gasteiger partial charge in [0.15, 0.2) is 11.5 Å². The SMILES string of the molecule is COc1nc(C)c(-c2ccc3nc(NC(C)=O)cn3n2)cc1C(N)=O. The molecule has 0 saturated carbocycles. The largest absolute Gasteiger partial charge is 0.480 e. The van der Waals surface area contributed by atoms with Gasteiger partial charge in [-0.3, -0.25) is 9.59 Å². The zero-order valence-corrected chi connectivity index (χ0v) is 13.9. The Labute approximate surface area is 142 Å². The molecule has 0 bridgehead atoms. The van der Waals surface area contributed by atoms with Crippen molar-refractivity contribution < 1.29 is 14.3 Å². The van der Waals surface area contributed by atoms with Crippen molar-refractivity contribution in [3.8, 4) is 17.1 Å². The molecule has 128 valence electrons. The molecule has 0 saturated heterocycles. The average molecular weight is 340 g/mol. The molecular weight excluding hydrogens is 324 g/mol. The van der Waals surface area contributed by atoms with Crippen LogP contribution in [0.1, 0.15) is 23.0 Å². The Hall–Kier alpha value is -3.49. The van der Waals surface area contributed by atoms with Crippen LogP contribution >= 0.6 is 0 Å². The van der Waals surface area contributed by atoms with Gasteiger partial charge in [-0.05, 0) is 25.1 Å². The third-order valence-electron chi connectivity index (χ3n) is 3.54. The van der Waals surface area contributed by atoms with E-state index in [1.54, 1.807) is 31.3 Å². The Bertz CT molecular complexity index is 995. The van der Waals surface area contributed by atoms with Crippen molar-refractivity contribution in [1.29, 1.82) is 0 Å². The molecule has 0 fully saturated rings. The molecule has 3 aromatic rings. The van der Waals surface area contributed by atoms with Crippen molar-refractivity contribution in [1.82, 2.24) is 19.6 Å². The van der Waals surface area contributed by atoms with E-state index in [1.165, 1.54) is 18.5 Å². The number of methoxy groups -OCH3 is 1. The highest BCUT2D eigenvalue weighted by Crippen LogP contribution is 2.26. The van der Waals surface area contributed by atoms with E-state index in [0.717, 1.165) is 0 Å². The monoisotopic (exact) mass is 340 g/mol. The van der Waals surface area contributed by atoms with Crippen LogP contribution in [0.25, 0.3) is 16.9 Å². The van der Waals surface area contributed by atoms with Crippen LogP contribution in [0.15, 0.2) is 24.4 Å². The Kier molecular flexibility index (Phi) is 4.05. The summed E-state index contributed by atoms with van der Waals surface area (Å²) in [6.45, 7) is 3.19. The predicted octanol–water partition coefficient (Wildman–Crippen LogP) is 1.17. The topological polar surface area (TPSA) is 124 Å². The molecule has 9 nitrogen and oxygen atoms in total. The van der Waals surface area contributed by atoms with Gasteiger partial charge in [0.1, 0.15) is 5.56 Å². The molecule has 2 amide bonds. The van der Waals surface area contributed by atoms with Crippen molar-refractivity contribution in [3.05, 3.63) is 35.7 Å². The van der Waals surface area contributed by atoms with Crippen molar-refractivity contribution in [2.45, 2.75) is 13.8 Å². The third-order valence-corrected chi connectivity index (χ3v) is 3.54. The standard InChI is InChI=1S/C16H16N6O3/c1-8-10(6-11(15(17)24)16(18-8)25-3)12-4-5-14-20-13(19-9(2)23)7-22(14)21-12/h4-7H,1-3H3,(H2,17,24)(H,19,23). The maximum atomic E-state index is 11.6. The first-order chi connectivity index (χ1) is 11.9. The number of rotatable bonds is 4. The van der Waals surface area contributed by atoms with Gasteiger partial charge in [-0.1, -0.05) is 0 Å². The van der Waals surface area contributed by atoms with Crippen LogP contribution in [-0.4, -0.2) is 38.5 Å². The van der Waals surface area contributed by atoms with Crippen LogP contribution in [-0.2, 0) is 4.79 Å². The molecule has 0 spiro atoms. The number of carbonyl (C=O) groups is 2. The average Bonchev–Trinajstić information content (AvgIpc) is 2.94. The fourth-order valence-electron chi connectivity index (χ4n) is 2.44. The number of nitrogens with one attached hydrogen (secondary N) is 1. The predicted molar refractivity (Wildman–Crippen MR) is 90.3 cm³/mol. The Morgan fingerprint density at radius 3 is 2.68 bits per heavy atom. The number of carbonyl (C=O) groups excluding carboxylic acids is 2. The number of nitrogens with zero attached hydrogens (tertiary/aromatic N) is 4. The Morgan fingerprint density at radius 1 is 1.28 bits per heavy atom. The first-order valence-corrected chi connectivity index (χ1v) is 7.39. The lowest BCUT2D eigenvalue weighted by Crippen LogP contribution is -2.14. The first-order valence-electron chi connectivity index (χ1n) is 7.39.